The van der Waals surface area contributed by atoms with Crippen molar-refractivity contribution in [2.75, 3.05) is 14.2 Å². The maximum atomic E-state index is 5.48. The number of ether oxygens (including phenoxy) is 2. The Labute approximate surface area is 148 Å². The van der Waals surface area contributed by atoms with E-state index >= 15 is 0 Å². The largest absolute Gasteiger partial charge is 0.497 e. The Morgan fingerprint density at radius 2 is 1.32 bits per heavy atom. The highest BCUT2D eigenvalue weighted by atomic mass is 16.5. The molecule has 2 heteroatoms. The fourth-order valence-electron chi connectivity index (χ4n) is 4.62. The van der Waals surface area contributed by atoms with E-state index < -0.39 is 0 Å². The van der Waals surface area contributed by atoms with Gasteiger partial charge in [-0.1, -0.05) is 42.5 Å². The van der Waals surface area contributed by atoms with Gasteiger partial charge >= 0.3 is 0 Å². The van der Waals surface area contributed by atoms with Gasteiger partial charge in [0.1, 0.15) is 11.5 Å². The first-order valence-electron chi connectivity index (χ1n) is 8.70. The van der Waals surface area contributed by atoms with Gasteiger partial charge in [-0.3, -0.25) is 0 Å². The third kappa shape index (κ3) is 1.91. The summed E-state index contributed by atoms with van der Waals surface area (Å²) >= 11 is 0. The van der Waals surface area contributed by atoms with Gasteiger partial charge in [0, 0.05) is 5.41 Å². The van der Waals surface area contributed by atoms with Crippen LogP contribution >= 0.6 is 0 Å². The molecule has 0 heterocycles. The average Bonchev–Trinajstić information content (AvgIpc) is 3.37. The number of hydrogen-bond donors (Lipinski definition) is 0. The summed E-state index contributed by atoms with van der Waals surface area (Å²) in [7, 11) is 3.45. The second kappa shape index (κ2) is 5.13. The van der Waals surface area contributed by atoms with Crippen molar-refractivity contribution in [3.05, 3.63) is 83.4 Å². The molecule has 0 bridgehead atoms. The molecule has 0 aromatic heterocycles. The molecule has 124 valence electrons. The van der Waals surface area contributed by atoms with Gasteiger partial charge < -0.3 is 9.47 Å². The van der Waals surface area contributed by atoms with Gasteiger partial charge in [-0.15, -0.1) is 0 Å². The van der Waals surface area contributed by atoms with Gasteiger partial charge in [0.25, 0.3) is 0 Å². The van der Waals surface area contributed by atoms with Crippen LogP contribution in [0.25, 0.3) is 11.1 Å². The minimum Gasteiger partial charge on any atom is -0.497 e. The predicted octanol–water partition coefficient (Wildman–Crippen LogP) is 5.16. The Balaban J connectivity index is 1.73. The van der Waals surface area contributed by atoms with Gasteiger partial charge in [0.2, 0.25) is 0 Å². The van der Waals surface area contributed by atoms with Gasteiger partial charge in [-0.05, 0) is 64.4 Å². The van der Waals surface area contributed by atoms with E-state index in [1.54, 1.807) is 14.2 Å². The highest BCUT2D eigenvalue weighted by Gasteiger charge is 2.61. The van der Waals surface area contributed by atoms with Crippen LogP contribution in [0.5, 0.6) is 11.5 Å². The summed E-state index contributed by atoms with van der Waals surface area (Å²) in [6.07, 6.45) is 1.16. The Bertz CT molecular complexity index is 906. The van der Waals surface area contributed by atoms with E-state index in [4.69, 9.17) is 9.47 Å². The third-order valence-electron chi connectivity index (χ3n) is 5.87. The molecule has 0 radical (unpaired) electrons. The van der Waals surface area contributed by atoms with Crippen molar-refractivity contribution in [3.8, 4) is 22.6 Å². The Hall–Kier alpha value is -2.74. The second-order valence-corrected chi connectivity index (χ2v) is 6.96. The van der Waals surface area contributed by atoms with Gasteiger partial charge in [0.05, 0.1) is 14.2 Å². The van der Waals surface area contributed by atoms with E-state index in [0.717, 1.165) is 17.9 Å². The third-order valence-corrected chi connectivity index (χ3v) is 5.87. The van der Waals surface area contributed by atoms with Crippen molar-refractivity contribution in [1.82, 2.24) is 0 Å². The average molecular weight is 328 g/mol. The van der Waals surface area contributed by atoms with Crippen LogP contribution in [0.15, 0.2) is 66.7 Å². The summed E-state index contributed by atoms with van der Waals surface area (Å²) in [4.78, 5) is 0. The summed E-state index contributed by atoms with van der Waals surface area (Å²) in [6.45, 7) is 0. The lowest BCUT2D eigenvalue weighted by Crippen LogP contribution is -2.07. The molecule has 2 aliphatic rings. The molecule has 3 aromatic rings. The summed E-state index contributed by atoms with van der Waals surface area (Å²) in [5.41, 5.74) is 6.94. The molecule has 2 nitrogen and oxygen atoms in total. The molecular weight excluding hydrogens is 308 g/mol. The smallest absolute Gasteiger partial charge is 0.119 e. The molecule has 25 heavy (non-hydrogen) atoms. The van der Waals surface area contributed by atoms with Crippen LogP contribution in [0.4, 0.5) is 0 Å². The van der Waals surface area contributed by atoms with Crippen LogP contribution in [0.1, 0.15) is 29.0 Å². The SMILES string of the molecule is COc1ccc2c(c1)-c1cc(OC)ccc1C21CC1c1ccccc1. The maximum absolute atomic E-state index is 5.48. The van der Waals surface area contributed by atoms with E-state index in [1.165, 1.54) is 27.8 Å². The van der Waals surface area contributed by atoms with Crippen molar-refractivity contribution in [1.29, 1.82) is 0 Å². The van der Waals surface area contributed by atoms with Gasteiger partial charge in [-0.25, -0.2) is 0 Å². The zero-order valence-corrected chi connectivity index (χ0v) is 14.5. The maximum Gasteiger partial charge on any atom is 0.119 e. The van der Waals surface area contributed by atoms with Gasteiger partial charge in [0.15, 0.2) is 0 Å². The van der Waals surface area contributed by atoms with Crippen LogP contribution in [-0.2, 0) is 5.41 Å². The lowest BCUT2D eigenvalue weighted by molar-refractivity contribution is 0.414. The number of methoxy groups -OCH3 is 2. The molecule has 1 fully saturated rings. The number of rotatable bonds is 3. The number of benzene rings is 3. The first-order valence-corrected chi connectivity index (χ1v) is 8.70. The standard InChI is InChI=1S/C23H20O2/c1-24-16-8-10-20-18(12-16)19-13-17(25-2)9-11-21(19)23(20)14-22(23)15-6-4-3-5-7-15/h3-13,22H,14H2,1-2H3. The Kier molecular flexibility index (Phi) is 2.99. The first kappa shape index (κ1) is 14.6. The molecule has 1 atom stereocenters. The highest BCUT2D eigenvalue weighted by molar-refractivity contribution is 5.86. The van der Waals surface area contributed by atoms with E-state index in [9.17, 15) is 0 Å². The molecule has 5 rings (SSSR count). The lowest BCUT2D eigenvalue weighted by atomic mass is 9.88. The van der Waals surface area contributed by atoms with Crippen molar-refractivity contribution < 1.29 is 9.47 Å². The molecule has 1 saturated carbocycles. The van der Waals surface area contributed by atoms with Gasteiger partial charge in [-0.2, -0.15) is 0 Å². The minimum atomic E-state index is 0.102. The zero-order chi connectivity index (χ0) is 17.0. The fourth-order valence-corrected chi connectivity index (χ4v) is 4.62. The second-order valence-electron chi connectivity index (χ2n) is 6.96. The molecule has 0 aliphatic heterocycles. The summed E-state index contributed by atoms with van der Waals surface area (Å²) in [5, 5.41) is 0. The molecule has 0 saturated heterocycles. The zero-order valence-electron chi connectivity index (χ0n) is 14.5. The first-order chi connectivity index (χ1) is 12.3. The molecule has 2 aliphatic carbocycles. The van der Waals surface area contributed by atoms with Crippen molar-refractivity contribution in [2.24, 2.45) is 0 Å². The topological polar surface area (TPSA) is 18.5 Å². The minimum absolute atomic E-state index is 0.102. The molecule has 0 N–H and O–H groups in total. The van der Waals surface area contributed by atoms with Crippen LogP contribution in [-0.4, -0.2) is 14.2 Å². The molecule has 3 aromatic carbocycles. The van der Waals surface area contributed by atoms with E-state index in [2.05, 4.69) is 66.7 Å². The highest BCUT2D eigenvalue weighted by Crippen LogP contribution is 2.70. The lowest BCUT2D eigenvalue weighted by Gasteiger charge is -2.15. The van der Waals surface area contributed by atoms with E-state index in [-0.39, 0.29) is 5.41 Å². The molecule has 1 spiro atoms. The summed E-state index contributed by atoms with van der Waals surface area (Å²) < 4.78 is 11.0. The molecule has 0 amide bonds. The van der Waals surface area contributed by atoms with Crippen LogP contribution in [0.2, 0.25) is 0 Å². The van der Waals surface area contributed by atoms with Crippen molar-refractivity contribution in [2.45, 2.75) is 17.8 Å². The predicted molar refractivity (Wildman–Crippen MR) is 99.6 cm³/mol. The van der Waals surface area contributed by atoms with Crippen molar-refractivity contribution >= 4 is 0 Å². The molecule has 1 unspecified atom stereocenters. The molecular formula is C23H20O2. The van der Waals surface area contributed by atoms with Crippen LogP contribution in [0.3, 0.4) is 0 Å². The van der Waals surface area contributed by atoms with Crippen molar-refractivity contribution in [3.63, 3.8) is 0 Å². The van der Waals surface area contributed by atoms with E-state index in [0.29, 0.717) is 5.92 Å². The fraction of sp³-hybridized carbons (Fsp3) is 0.217. The summed E-state index contributed by atoms with van der Waals surface area (Å²) in [5.74, 6) is 2.35. The van der Waals surface area contributed by atoms with Crippen LogP contribution in [0, 0.1) is 0 Å². The van der Waals surface area contributed by atoms with Crippen LogP contribution < -0.4 is 9.47 Å². The Morgan fingerprint density at radius 3 is 1.84 bits per heavy atom. The summed E-state index contributed by atoms with van der Waals surface area (Å²) in [6, 6.07) is 23.9. The monoisotopic (exact) mass is 328 g/mol. The number of fused-ring (bicyclic) bond motifs is 5. The Morgan fingerprint density at radius 1 is 0.760 bits per heavy atom. The quantitative estimate of drug-likeness (QED) is 0.661. The van der Waals surface area contributed by atoms with E-state index in [1.807, 2.05) is 0 Å². The normalized spacial score (nSPS) is 18.6. The number of hydrogen-bond acceptors (Lipinski definition) is 2.